The highest BCUT2D eigenvalue weighted by atomic mass is 32.2. The molecule has 0 unspecified atom stereocenters. The highest BCUT2D eigenvalue weighted by Crippen LogP contribution is 2.32. The van der Waals surface area contributed by atoms with Crippen LogP contribution in [0.15, 0.2) is 29.2 Å². The zero-order chi connectivity index (χ0) is 21.0. The SMILES string of the molecule is CN(C1CCCCC1)S(=O)(=O)c1ccc(NC(=O)[C@H]2CCCC[C@H]2C(=O)O)cc1. The summed E-state index contributed by atoms with van der Waals surface area (Å²) in [6.45, 7) is 0. The molecule has 0 saturated heterocycles. The van der Waals surface area contributed by atoms with Crippen molar-refractivity contribution in [3.8, 4) is 0 Å². The Morgan fingerprint density at radius 1 is 0.931 bits per heavy atom. The number of carboxylic acid groups (broad SMARTS) is 1. The molecule has 2 aliphatic carbocycles. The summed E-state index contributed by atoms with van der Waals surface area (Å²) in [4.78, 5) is 24.2. The molecule has 0 bridgehead atoms. The second-order valence-electron chi connectivity index (χ2n) is 8.16. The Kier molecular flexibility index (Phi) is 6.95. The molecule has 0 aromatic heterocycles. The number of hydrogen-bond donors (Lipinski definition) is 2. The molecule has 2 saturated carbocycles. The Morgan fingerprint density at radius 3 is 2.07 bits per heavy atom. The van der Waals surface area contributed by atoms with Crippen LogP contribution in [0.3, 0.4) is 0 Å². The van der Waals surface area contributed by atoms with Gasteiger partial charge in [0.25, 0.3) is 0 Å². The van der Waals surface area contributed by atoms with E-state index in [1.54, 1.807) is 19.2 Å². The molecule has 2 N–H and O–H groups in total. The standard InChI is InChI=1S/C21H30N2O5S/c1-23(16-7-3-2-4-8-16)29(27,28)17-13-11-15(12-14-17)22-20(24)18-9-5-6-10-19(18)21(25)26/h11-14,16,18-19H,2-10H2,1H3,(H,22,24)(H,25,26)/t18-,19+/m0/s1. The van der Waals surface area contributed by atoms with Crippen molar-refractivity contribution in [1.29, 1.82) is 0 Å². The van der Waals surface area contributed by atoms with Gasteiger partial charge >= 0.3 is 5.97 Å². The number of aliphatic carboxylic acids is 1. The van der Waals surface area contributed by atoms with Crippen molar-refractivity contribution in [2.45, 2.75) is 68.7 Å². The molecule has 160 valence electrons. The van der Waals surface area contributed by atoms with Gasteiger partial charge in [-0.05, 0) is 49.9 Å². The molecule has 1 aromatic carbocycles. The Labute approximate surface area is 172 Å². The quantitative estimate of drug-likeness (QED) is 0.730. The zero-order valence-electron chi connectivity index (χ0n) is 16.8. The van der Waals surface area contributed by atoms with E-state index in [1.165, 1.54) is 16.4 Å². The third-order valence-corrected chi connectivity index (χ3v) is 8.23. The maximum Gasteiger partial charge on any atom is 0.307 e. The van der Waals surface area contributed by atoms with Gasteiger partial charge in [0.05, 0.1) is 16.7 Å². The van der Waals surface area contributed by atoms with E-state index in [4.69, 9.17) is 0 Å². The number of anilines is 1. The Morgan fingerprint density at radius 2 is 1.48 bits per heavy atom. The highest BCUT2D eigenvalue weighted by molar-refractivity contribution is 7.89. The van der Waals surface area contributed by atoms with Crippen molar-refractivity contribution in [1.82, 2.24) is 4.31 Å². The summed E-state index contributed by atoms with van der Waals surface area (Å²) in [6, 6.07) is 6.17. The fourth-order valence-corrected chi connectivity index (χ4v) is 5.91. The van der Waals surface area contributed by atoms with Crippen molar-refractivity contribution >= 4 is 27.6 Å². The average Bonchev–Trinajstić information content (AvgIpc) is 2.74. The number of rotatable bonds is 6. The highest BCUT2D eigenvalue weighted by Gasteiger charge is 2.36. The van der Waals surface area contributed by atoms with Crippen LogP contribution < -0.4 is 5.32 Å². The smallest absolute Gasteiger partial charge is 0.307 e. The average molecular weight is 423 g/mol. The molecular formula is C21H30N2O5S. The van der Waals surface area contributed by atoms with Crippen molar-refractivity contribution in [2.24, 2.45) is 11.8 Å². The van der Waals surface area contributed by atoms with Gasteiger partial charge in [-0.1, -0.05) is 32.1 Å². The number of nitrogens with zero attached hydrogens (tertiary/aromatic N) is 1. The van der Waals surface area contributed by atoms with Crippen molar-refractivity contribution in [3.05, 3.63) is 24.3 Å². The van der Waals surface area contributed by atoms with Crippen molar-refractivity contribution in [3.63, 3.8) is 0 Å². The lowest BCUT2D eigenvalue weighted by atomic mass is 9.78. The Hall–Kier alpha value is -1.93. The van der Waals surface area contributed by atoms with Gasteiger partial charge in [0, 0.05) is 18.8 Å². The third kappa shape index (κ3) is 4.98. The summed E-state index contributed by atoms with van der Waals surface area (Å²) in [6.07, 6.45) is 7.75. The Bertz CT molecular complexity index is 831. The van der Waals surface area contributed by atoms with Crippen LogP contribution in [0.2, 0.25) is 0 Å². The zero-order valence-corrected chi connectivity index (χ0v) is 17.7. The van der Waals surface area contributed by atoms with Crippen LogP contribution in [0.5, 0.6) is 0 Å². The molecule has 1 amide bonds. The summed E-state index contributed by atoms with van der Waals surface area (Å²) in [5.41, 5.74) is 0.476. The minimum Gasteiger partial charge on any atom is -0.481 e. The molecule has 0 radical (unpaired) electrons. The molecule has 0 spiro atoms. The monoisotopic (exact) mass is 422 g/mol. The third-order valence-electron chi connectivity index (χ3n) is 6.31. The maximum atomic E-state index is 12.9. The molecule has 2 fully saturated rings. The van der Waals surface area contributed by atoms with E-state index in [0.717, 1.165) is 44.9 Å². The van der Waals surface area contributed by atoms with E-state index < -0.39 is 27.8 Å². The predicted octanol–water partition coefficient (Wildman–Crippen LogP) is 3.47. The number of nitrogens with one attached hydrogen (secondary N) is 1. The second kappa shape index (κ2) is 9.26. The number of carbonyl (C=O) groups is 2. The summed E-state index contributed by atoms with van der Waals surface area (Å²) in [5, 5.41) is 12.1. The molecule has 3 rings (SSSR count). The summed E-state index contributed by atoms with van der Waals surface area (Å²) >= 11 is 0. The van der Waals surface area contributed by atoms with Crippen LogP contribution in [-0.4, -0.2) is 42.8 Å². The minimum absolute atomic E-state index is 0.0346. The van der Waals surface area contributed by atoms with Crippen LogP contribution in [0.4, 0.5) is 5.69 Å². The molecule has 29 heavy (non-hydrogen) atoms. The number of carboxylic acids is 1. The Balaban J connectivity index is 1.67. The number of carbonyl (C=O) groups excluding carboxylic acids is 1. The number of benzene rings is 1. The van der Waals surface area contributed by atoms with Crippen molar-refractivity contribution in [2.75, 3.05) is 12.4 Å². The van der Waals surface area contributed by atoms with Gasteiger partial charge in [0.15, 0.2) is 0 Å². The van der Waals surface area contributed by atoms with Crippen LogP contribution in [-0.2, 0) is 19.6 Å². The minimum atomic E-state index is -3.58. The van der Waals surface area contributed by atoms with E-state index in [2.05, 4.69) is 5.32 Å². The molecule has 7 nitrogen and oxygen atoms in total. The summed E-state index contributed by atoms with van der Waals surface area (Å²) in [7, 11) is -1.95. The van der Waals surface area contributed by atoms with Crippen LogP contribution in [0.25, 0.3) is 0 Å². The van der Waals surface area contributed by atoms with E-state index in [-0.39, 0.29) is 16.8 Å². The lowest BCUT2D eigenvalue weighted by molar-refractivity contribution is -0.147. The predicted molar refractivity (Wildman–Crippen MR) is 110 cm³/mol. The van der Waals surface area contributed by atoms with E-state index in [1.807, 2.05) is 0 Å². The van der Waals surface area contributed by atoms with E-state index in [0.29, 0.717) is 18.5 Å². The van der Waals surface area contributed by atoms with E-state index >= 15 is 0 Å². The lowest BCUT2D eigenvalue weighted by Gasteiger charge is -2.30. The first-order valence-electron chi connectivity index (χ1n) is 10.4. The fraction of sp³-hybridized carbons (Fsp3) is 0.619. The molecule has 2 aliphatic rings. The van der Waals surface area contributed by atoms with Crippen LogP contribution in [0.1, 0.15) is 57.8 Å². The van der Waals surface area contributed by atoms with Gasteiger partial charge in [-0.2, -0.15) is 4.31 Å². The van der Waals surface area contributed by atoms with Gasteiger partial charge in [-0.3, -0.25) is 9.59 Å². The number of hydrogen-bond acceptors (Lipinski definition) is 4. The summed E-state index contributed by atoms with van der Waals surface area (Å²) in [5.74, 6) is -2.46. The van der Waals surface area contributed by atoms with Gasteiger partial charge in [-0.25, -0.2) is 8.42 Å². The molecule has 1 aromatic rings. The fourth-order valence-electron chi connectivity index (χ4n) is 4.49. The summed E-state index contributed by atoms with van der Waals surface area (Å²) < 4.78 is 27.3. The largest absolute Gasteiger partial charge is 0.481 e. The van der Waals surface area contributed by atoms with Crippen LogP contribution >= 0.6 is 0 Å². The second-order valence-corrected chi connectivity index (χ2v) is 10.2. The number of sulfonamides is 1. The molecule has 2 atom stereocenters. The first kappa shape index (κ1) is 21.8. The van der Waals surface area contributed by atoms with Gasteiger partial charge in [0.2, 0.25) is 15.9 Å². The van der Waals surface area contributed by atoms with Crippen LogP contribution in [0, 0.1) is 11.8 Å². The topological polar surface area (TPSA) is 104 Å². The molecule has 0 aliphatic heterocycles. The van der Waals surface area contributed by atoms with Crippen molar-refractivity contribution < 1.29 is 23.1 Å². The maximum absolute atomic E-state index is 12.9. The van der Waals surface area contributed by atoms with Gasteiger partial charge < -0.3 is 10.4 Å². The molecule has 0 heterocycles. The normalized spacial score (nSPS) is 23.7. The first-order chi connectivity index (χ1) is 13.8. The number of amides is 1. The first-order valence-corrected chi connectivity index (χ1v) is 11.9. The lowest BCUT2D eigenvalue weighted by Crippen LogP contribution is -2.38. The molecular weight excluding hydrogens is 392 g/mol. The molecule has 8 heteroatoms. The van der Waals surface area contributed by atoms with E-state index in [9.17, 15) is 23.1 Å². The van der Waals surface area contributed by atoms with Gasteiger partial charge in [0.1, 0.15) is 0 Å². The van der Waals surface area contributed by atoms with Gasteiger partial charge in [-0.15, -0.1) is 0 Å².